The number of carbonyl (C=O) groups is 1. The van der Waals surface area contributed by atoms with Gasteiger partial charge in [-0.15, -0.1) is 5.10 Å². The van der Waals surface area contributed by atoms with Crippen molar-refractivity contribution >= 4 is 46.9 Å². The minimum absolute atomic E-state index is 0.113. The zero-order valence-corrected chi connectivity index (χ0v) is 22.3. The van der Waals surface area contributed by atoms with E-state index in [-0.39, 0.29) is 13.2 Å². The van der Waals surface area contributed by atoms with Gasteiger partial charge in [-0.2, -0.15) is 4.98 Å². The number of carbonyl (C=O) groups excluding carboxylic acids is 1. The van der Waals surface area contributed by atoms with Crippen LogP contribution in [0.3, 0.4) is 0 Å². The third kappa shape index (κ3) is 5.72. The molecule has 10 heteroatoms. The van der Waals surface area contributed by atoms with Crippen LogP contribution in [0.5, 0.6) is 5.75 Å². The zero-order valence-electron chi connectivity index (χ0n) is 20.0. The van der Waals surface area contributed by atoms with Crippen LogP contribution in [0.1, 0.15) is 37.4 Å². The Morgan fingerprint density at radius 2 is 1.94 bits per heavy atom. The van der Waals surface area contributed by atoms with Crippen LogP contribution in [0.25, 0.3) is 0 Å². The standard InChI is InChI=1S/C26H26Cl2N4O3S/c1-4-13-34-24(33)22-16(3)29-25-30-26(36-14-5-2)31-32(25)23(22)17-9-11-18(12-10-17)35-15-19-20(27)7-6-8-21(19)28/h4,6-12,23H,1,5,13-15H2,2-3H3,(H,29,30,31). The van der Waals surface area contributed by atoms with Crippen molar-refractivity contribution in [2.24, 2.45) is 0 Å². The lowest BCUT2D eigenvalue weighted by Gasteiger charge is -2.28. The van der Waals surface area contributed by atoms with Crippen molar-refractivity contribution in [2.45, 2.75) is 38.1 Å². The zero-order chi connectivity index (χ0) is 25.7. The number of esters is 1. The molecule has 1 aliphatic heterocycles. The molecule has 36 heavy (non-hydrogen) atoms. The highest BCUT2D eigenvalue weighted by Crippen LogP contribution is 2.37. The summed E-state index contributed by atoms with van der Waals surface area (Å²) >= 11 is 14.1. The van der Waals surface area contributed by atoms with Crippen LogP contribution in [0.2, 0.25) is 10.0 Å². The second-order valence-corrected chi connectivity index (χ2v) is 9.90. The Bertz CT molecular complexity index is 1270. The fraction of sp³-hybridized carbons (Fsp3) is 0.269. The fourth-order valence-electron chi connectivity index (χ4n) is 3.74. The van der Waals surface area contributed by atoms with Gasteiger partial charge in [0.05, 0.1) is 5.57 Å². The molecule has 1 aromatic heterocycles. The lowest BCUT2D eigenvalue weighted by molar-refractivity contribution is -0.138. The lowest BCUT2D eigenvalue weighted by Crippen LogP contribution is -2.29. The van der Waals surface area contributed by atoms with Crippen LogP contribution in [0.15, 0.2) is 71.5 Å². The molecule has 0 radical (unpaired) electrons. The van der Waals surface area contributed by atoms with Gasteiger partial charge < -0.3 is 14.8 Å². The van der Waals surface area contributed by atoms with E-state index in [1.54, 1.807) is 34.6 Å². The van der Waals surface area contributed by atoms with E-state index in [4.69, 9.17) is 37.8 Å². The van der Waals surface area contributed by atoms with Gasteiger partial charge >= 0.3 is 5.97 Å². The maximum absolute atomic E-state index is 13.0. The predicted octanol–water partition coefficient (Wildman–Crippen LogP) is 6.68. The fourth-order valence-corrected chi connectivity index (χ4v) is 4.93. The van der Waals surface area contributed by atoms with Crippen LogP contribution >= 0.6 is 35.0 Å². The molecule has 0 saturated carbocycles. The molecular formula is C26H26Cl2N4O3S. The van der Waals surface area contributed by atoms with Gasteiger partial charge in [0, 0.05) is 27.1 Å². The van der Waals surface area contributed by atoms with E-state index in [9.17, 15) is 4.79 Å². The van der Waals surface area contributed by atoms with Crippen molar-refractivity contribution < 1.29 is 14.3 Å². The van der Waals surface area contributed by atoms with Gasteiger partial charge in [0.25, 0.3) is 0 Å². The van der Waals surface area contributed by atoms with E-state index in [1.165, 1.54) is 6.08 Å². The summed E-state index contributed by atoms with van der Waals surface area (Å²) in [4.78, 5) is 17.7. The highest BCUT2D eigenvalue weighted by atomic mass is 35.5. The van der Waals surface area contributed by atoms with Gasteiger partial charge in [0.15, 0.2) is 0 Å². The number of halogens is 2. The number of rotatable bonds is 10. The van der Waals surface area contributed by atoms with Crippen LogP contribution in [-0.2, 0) is 16.1 Å². The average Bonchev–Trinajstić information content (AvgIpc) is 3.27. The number of ether oxygens (including phenoxy) is 2. The van der Waals surface area contributed by atoms with Crippen molar-refractivity contribution in [1.29, 1.82) is 0 Å². The molecule has 188 valence electrons. The van der Waals surface area contributed by atoms with E-state index in [2.05, 4.69) is 23.8 Å². The second-order valence-electron chi connectivity index (χ2n) is 8.02. The normalized spacial score (nSPS) is 14.7. The molecule has 3 aromatic rings. The maximum Gasteiger partial charge on any atom is 0.338 e. The number of anilines is 1. The molecule has 1 atom stereocenters. The Morgan fingerprint density at radius 1 is 1.22 bits per heavy atom. The number of aromatic nitrogens is 3. The third-order valence-electron chi connectivity index (χ3n) is 5.46. The monoisotopic (exact) mass is 544 g/mol. The van der Waals surface area contributed by atoms with Crippen LogP contribution in [0, 0.1) is 0 Å². The summed E-state index contributed by atoms with van der Waals surface area (Å²) in [7, 11) is 0. The first kappa shape index (κ1) is 26.1. The molecule has 2 aromatic carbocycles. The van der Waals surface area contributed by atoms with E-state index < -0.39 is 12.0 Å². The molecule has 1 aliphatic rings. The molecular weight excluding hydrogens is 519 g/mol. The molecule has 1 unspecified atom stereocenters. The Morgan fingerprint density at radius 3 is 2.61 bits per heavy atom. The number of hydrogen-bond donors (Lipinski definition) is 1. The number of fused-ring (bicyclic) bond motifs is 1. The number of nitrogens with one attached hydrogen (secondary N) is 1. The van der Waals surface area contributed by atoms with Gasteiger partial charge in [0.1, 0.15) is 25.0 Å². The maximum atomic E-state index is 13.0. The first-order valence-corrected chi connectivity index (χ1v) is 13.2. The number of nitrogens with zero attached hydrogens (tertiary/aromatic N) is 3. The summed E-state index contributed by atoms with van der Waals surface area (Å²) < 4.78 is 13.1. The van der Waals surface area contributed by atoms with Gasteiger partial charge in [-0.25, -0.2) is 9.48 Å². The van der Waals surface area contributed by atoms with Gasteiger partial charge in [-0.1, -0.05) is 72.7 Å². The molecule has 7 nitrogen and oxygen atoms in total. The average molecular weight is 545 g/mol. The summed E-state index contributed by atoms with van der Waals surface area (Å²) in [6.45, 7) is 7.91. The first-order valence-electron chi connectivity index (χ1n) is 11.4. The number of thioether (sulfide) groups is 1. The molecule has 0 saturated heterocycles. The van der Waals surface area contributed by atoms with E-state index >= 15 is 0 Å². The Hall–Kier alpha value is -2.94. The molecule has 0 spiro atoms. The molecule has 0 amide bonds. The highest BCUT2D eigenvalue weighted by Gasteiger charge is 2.35. The minimum Gasteiger partial charge on any atom is -0.489 e. The molecule has 1 N–H and O–H groups in total. The Labute approximate surface area is 224 Å². The van der Waals surface area contributed by atoms with Crippen LogP contribution in [-0.4, -0.2) is 33.1 Å². The van der Waals surface area contributed by atoms with Gasteiger partial charge in [-0.05, 0) is 43.2 Å². The van der Waals surface area contributed by atoms with Crippen molar-refractivity contribution in [1.82, 2.24) is 14.8 Å². The Balaban J connectivity index is 1.63. The predicted molar refractivity (Wildman–Crippen MR) is 144 cm³/mol. The molecule has 0 fully saturated rings. The van der Waals surface area contributed by atoms with Gasteiger partial charge in [0.2, 0.25) is 11.1 Å². The summed E-state index contributed by atoms with van der Waals surface area (Å²) in [5.41, 5.74) is 2.67. The quantitative estimate of drug-likeness (QED) is 0.173. The van der Waals surface area contributed by atoms with Crippen LogP contribution in [0.4, 0.5) is 5.95 Å². The molecule has 4 rings (SSSR count). The molecule has 0 bridgehead atoms. The number of benzene rings is 2. The molecule has 2 heterocycles. The lowest BCUT2D eigenvalue weighted by atomic mass is 9.96. The third-order valence-corrected chi connectivity index (χ3v) is 7.21. The van der Waals surface area contributed by atoms with E-state index in [0.717, 1.165) is 23.3 Å². The molecule has 0 aliphatic carbocycles. The van der Waals surface area contributed by atoms with Crippen LogP contribution < -0.4 is 10.1 Å². The smallest absolute Gasteiger partial charge is 0.338 e. The van der Waals surface area contributed by atoms with Crippen molar-refractivity contribution in [3.63, 3.8) is 0 Å². The van der Waals surface area contributed by atoms with Crippen molar-refractivity contribution in [3.8, 4) is 5.75 Å². The summed E-state index contributed by atoms with van der Waals surface area (Å²) in [5.74, 6) is 1.67. The van der Waals surface area contributed by atoms with E-state index in [1.807, 2.05) is 31.2 Å². The summed E-state index contributed by atoms with van der Waals surface area (Å²) in [6.07, 6.45) is 2.54. The second kappa shape index (κ2) is 11.9. The van der Waals surface area contributed by atoms with Gasteiger partial charge in [-0.3, -0.25) is 0 Å². The van der Waals surface area contributed by atoms with E-state index in [0.29, 0.717) is 38.2 Å². The number of hydrogen-bond acceptors (Lipinski definition) is 7. The Kier molecular flexibility index (Phi) is 8.61. The first-order chi connectivity index (χ1) is 17.4. The SMILES string of the molecule is C=CCOC(=O)C1=C(C)Nc2nc(SCCC)nn2C1c1ccc(OCc2c(Cl)cccc2Cl)cc1. The van der Waals surface area contributed by atoms with Crippen molar-refractivity contribution in [2.75, 3.05) is 17.7 Å². The van der Waals surface area contributed by atoms with Crippen molar-refractivity contribution in [3.05, 3.63) is 87.6 Å². The summed E-state index contributed by atoms with van der Waals surface area (Å²) in [6, 6.07) is 12.3. The largest absolute Gasteiger partial charge is 0.489 e. The topological polar surface area (TPSA) is 78.3 Å². The summed E-state index contributed by atoms with van der Waals surface area (Å²) in [5, 5.41) is 9.64. The number of allylic oxidation sites excluding steroid dienone is 1. The minimum atomic E-state index is -0.519. The highest BCUT2D eigenvalue weighted by molar-refractivity contribution is 7.99.